The van der Waals surface area contributed by atoms with Gasteiger partial charge in [-0.15, -0.1) is 0 Å². The van der Waals surface area contributed by atoms with Gasteiger partial charge in [-0.25, -0.2) is 4.98 Å². The molecule has 90 valence electrons. The van der Waals surface area contributed by atoms with Crippen molar-refractivity contribution in [3.63, 3.8) is 0 Å². The zero-order valence-electron chi connectivity index (χ0n) is 9.41. The zero-order chi connectivity index (χ0) is 12.0. The monoisotopic (exact) mass is 314 g/mol. The summed E-state index contributed by atoms with van der Waals surface area (Å²) < 4.78 is 8.44. The summed E-state index contributed by atoms with van der Waals surface area (Å²) >= 11 is 9.50. The first-order chi connectivity index (χ1) is 8.15. The normalized spacial score (nSPS) is 19.4. The summed E-state index contributed by atoms with van der Waals surface area (Å²) in [4.78, 5) is 4.42. The molecule has 1 aliphatic heterocycles. The van der Waals surface area contributed by atoms with Crippen LogP contribution in [0, 0.1) is 5.92 Å². The Bertz CT molecular complexity index is 561. The number of furan rings is 1. The van der Waals surface area contributed by atoms with Gasteiger partial charge < -0.3 is 8.98 Å². The van der Waals surface area contributed by atoms with Crippen molar-refractivity contribution in [2.75, 3.05) is 0 Å². The molecule has 1 atom stereocenters. The Kier molecular flexibility index (Phi) is 2.79. The van der Waals surface area contributed by atoms with E-state index in [1.54, 1.807) is 0 Å². The maximum Gasteiger partial charge on any atom is 0.177 e. The third kappa shape index (κ3) is 1.93. The molecule has 1 unspecified atom stereocenters. The first-order valence-electron chi connectivity index (χ1n) is 5.65. The van der Waals surface area contributed by atoms with E-state index < -0.39 is 0 Å². The van der Waals surface area contributed by atoms with Crippen LogP contribution in [0.3, 0.4) is 0 Å². The van der Waals surface area contributed by atoms with Gasteiger partial charge in [0.25, 0.3) is 0 Å². The fourth-order valence-electron chi connectivity index (χ4n) is 2.30. The first kappa shape index (κ1) is 11.4. The van der Waals surface area contributed by atoms with Crippen molar-refractivity contribution in [2.24, 2.45) is 5.92 Å². The van der Waals surface area contributed by atoms with Crippen LogP contribution in [-0.4, -0.2) is 9.55 Å². The molecule has 0 fully saturated rings. The van der Waals surface area contributed by atoms with Crippen molar-refractivity contribution >= 4 is 27.5 Å². The number of imidazole rings is 1. The standard InChI is InChI=1S/C12H12BrClN2O/c1-7-4-5-16-8(6-7)11(14)15-12(16)9-2-3-10(13)17-9/h2-3,7H,4-6H2,1H3. The van der Waals surface area contributed by atoms with Gasteiger partial charge in [-0.05, 0) is 46.8 Å². The molecule has 2 aromatic rings. The second-order valence-corrected chi connectivity index (χ2v) is 5.67. The van der Waals surface area contributed by atoms with Gasteiger partial charge in [0.1, 0.15) is 0 Å². The molecular formula is C12H12BrClN2O. The van der Waals surface area contributed by atoms with Gasteiger partial charge in [0.2, 0.25) is 0 Å². The van der Waals surface area contributed by atoms with Crippen LogP contribution < -0.4 is 0 Å². The first-order valence-corrected chi connectivity index (χ1v) is 6.83. The number of halogens is 2. The molecule has 0 radical (unpaired) electrons. The van der Waals surface area contributed by atoms with E-state index in [9.17, 15) is 0 Å². The van der Waals surface area contributed by atoms with E-state index >= 15 is 0 Å². The lowest BCUT2D eigenvalue weighted by atomic mass is 9.98. The third-order valence-corrected chi connectivity index (χ3v) is 3.93. The predicted molar refractivity (Wildman–Crippen MR) is 70.1 cm³/mol. The molecule has 0 aliphatic carbocycles. The Labute approximate surface area is 113 Å². The fourth-order valence-corrected chi connectivity index (χ4v) is 2.86. The fraction of sp³-hybridized carbons (Fsp3) is 0.417. The molecule has 2 aromatic heterocycles. The molecule has 0 N–H and O–H groups in total. The molecule has 0 bridgehead atoms. The Morgan fingerprint density at radius 1 is 1.53 bits per heavy atom. The van der Waals surface area contributed by atoms with Gasteiger partial charge in [-0.2, -0.15) is 0 Å². The molecule has 3 rings (SSSR count). The summed E-state index contributed by atoms with van der Waals surface area (Å²) in [5, 5.41) is 0.610. The summed E-state index contributed by atoms with van der Waals surface area (Å²) in [5.74, 6) is 2.27. The largest absolute Gasteiger partial charge is 0.446 e. The molecule has 5 heteroatoms. The van der Waals surface area contributed by atoms with E-state index in [4.69, 9.17) is 16.0 Å². The van der Waals surface area contributed by atoms with Gasteiger partial charge in [-0.3, -0.25) is 0 Å². The van der Waals surface area contributed by atoms with Gasteiger partial charge in [-0.1, -0.05) is 18.5 Å². The maximum absolute atomic E-state index is 6.20. The zero-order valence-corrected chi connectivity index (χ0v) is 11.8. The molecule has 3 nitrogen and oxygen atoms in total. The Balaban J connectivity index is 2.10. The Hall–Kier alpha value is -0.740. The number of nitrogens with zero attached hydrogens (tertiary/aromatic N) is 2. The van der Waals surface area contributed by atoms with E-state index in [-0.39, 0.29) is 0 Å². The van der Waals surface area contributed by atoms with Crippen molar-refractivity contribution in [3.8, 4) is 11.6 Å². The summed E-state index contributed by atoms with van der Waals surface area (Å²) in [5.41, 5.74) is 1.13. The number of hydrogen-bond acceptors (Lipinski definition) is 2. The molecular weight excluding hydrogens is 304 g/mol. The third-order valence-electron chi connectivity index (χ3n) is 3.20. The smallest absolute Gasteiger partial charge is 0.177 e. The minimum Gasteiger partial charge on any atom is -0.446 e. The second kappa shape index (κ2) is 4.18. The van der Waals surface area contributed by atoms with Crippen molar-refractivity contribution in [1.29, 1.82) is 0 Å². The van der Waals surface area contributed by atoms with Gasteiger partial charge in [0, 0.05) is 6.54 Å². The Morgan fingerprint density at radius 3 is 3.06 bits per heavy atom. The van der Waals surface area contributed by atoms with Crippen LogP contribution in [0.4, 0.5) is 0 Å². The van der Waals surface area contributed by atoms with Crippen LogP contribution >= 0.6 is 27.5 Å². The van der Waals surface area contributed by atoms with Crippen LogP contribution in [0.2, 0.25) is 5.15 Å². The summed E-state index contributed by atoms with van der Waals surface area (Å²) in [6.07, 6.45) is 2.16. The van der Waals surface area contributed by atoms with Crippen molar-refractivity contribution in [1.82, 2.24) is 9.55 Å². The van der Waals surface area contributed by atoms with E-state index in [0.29, 0.717) is 15.7 Å². The SMILES string of the molecule is CC1CCn2c(-c3ccc(Br)o3)nc(Cl)c2C1. The van der Waals surface area contributed by atoms with Crippen LogP contribution in [-0.2, 0) is 13.0 Å². The molecule has 0 saturated carbocycles. The Morgan fingerprint density at radius 2 is 2.35 bits per heavy atom. The molecule has 17 heavy (non-hydrogen) atoms. The van der Waals surface area contributed by atoms with E-state index in [0.717, 1.165) is 36.7 Å². The molecule has 1 aliphatic rings. The second-order valence-electron chi connectivity index (χ2n) is 4.53. The number of aromatic nitrogens is 2. The van der Waals surface area contributed by atoms with E-state index in [1.807, 2.05) is 12.1 Å². The van der Waals surface area contributed by atoms with Crippen molar-refractivity contribution in [3.05, 3.63) is 27.6 Å². The predicted octanol–water partition coefficient (Wildman–Crippen LogP) is 4.14. The molecule has 0 spiro atoms. The number of rotatable bonds is 1. The molecule has 3 heterocycles. The van der Waals surface area contributed by atoms with Crippen LogP contribution in [0.25, 0.3) is 11.6 Å². The highest BCUT2D eigenvalue weighted by Crippen LogP contribution is 2.33. The highest BCUT2D eigenvalue weighted by Gasteiger charge is 2.24. The van der Waals surface area contributed by atoms with E-state index in [1.165, 1.54) is 0 Å². The van der Waals surface area contributed by atoms with E-state index in [2.05, 4.69) is 32.4 Å². The van der Waals surface area contributed by atoms with Crippen molar-refractivity contribution < 1.29 is 4.42 Å². The highest BCUT2D eigenvalue weighted by molar-refractivity contribution is 9.10. The van der Waals surface area contributed by atoms with Gasteiger partial charge in [0.05, 0.1) is 5.69 Å². The molecule has 0 amide bonds. The lowest BCUT2D eigenvalue weighted by molar-refractivity contribution is 0.416. The lowest BCUT2D eigenvalue weighted by Crippen LogP contribution is -2.17. The summed E-state index contributed by atoms with van der Waals surface area (Å²) in [7, 11) is 0. The average molecular weight is 316 g/mol. The van der Waals surface area contributed by atoms with Gasteiger partial charge >= 0.3 is 0 Å². The number of hydrogen-bond donors (Lipinski definition) is 0. The van der Waals surface area contributed by atoms with Gasteiger partial charge in [0.15, 0.2) is 21.4 Å². The van der Waals surface area contributed by atoms with Crippen LogP contribution in [0.15, 0.2) is 21.2 Å². The van der Waals surface area contributed by atoms with Crippen LogP contribution in [0.5, 0.6) is 0 Å². The molecule has 0 aromatic carbocycles. The highest BCUT2D eigenvalue weighted by atomic mass is 79.9. The maximum atomic E-state index is 6.20. The quantitative estimate of drug-likeness (QED) is 0.792. The molecule has 0 saturated heterocycles. The van der Waals surface area contributed by atoms with Crippen molar-refractivity contribution in [2.45, 2.75) is 26.3 Å². The van der Waals surface area contributed by atoms with Crippen LogP contribution in [0.1, 0.15) is 19.0 Å². The lowest BCUT2D eigenvalue weighted by Gasteiger charge is -2.21. The number of fused-ring (bicyclic) bond motifs is 1. The summed E-state index contributed by atoms with van der Waals surface area (Å²) in [6.45, 7) is 3.21. The minimum absolute atomic E-state index is 0.610. The topological polar surface area (TPSA) is 31.0 Å². The summed E-state index contributed by atoms with van der Waals surface area (Å²) in [6, 6.07) is 3.78. The minimum atomic E-state index is 0.610. The average Bonchev–Trinajstić information content (AvgIpc) is 2.84.